The van der Waals surface area contributed by atoms with E-state index >= 15 is 0 Å². The first-order valence-corrected chi connectivity index (χ1v) is 11.0. The topological polar surface area (TPSA) is 89.5 Å². The predicted octanol–water partition coefficient (Wildman–Crippen LogP) is 4.05. The zero-order valence-electron chi connectivity index (χ0n) is 18.9. The number of benzene rings is 2. The van der Waals surface area contributed by atoms with Crippen molar-refractivity contribution < 1.29 is 19.1 Å². The highest BCUT2D eigenvalue weighted by Gasteiger charge is 2.16. The molecule has 0 radical (unpaired) electrons. The van der Waals surface area contributed by atoms with Crippen LogP contribution >= 0.6 is 11.3 Å². The van der Waals surface area contributed by atoms with Crippen LogP contribution in [0.2, 0.25) is 0 Å². The molecule has 3 aromatic rings. The minimum absolute atomic E-state index is 0.341. The Balaban J connectivity index is 1.59. The van der Waals surface area contributed by atoms with Crippen LogP contribution in [-0.4, -0.2) is 37.6 Å². The number of aryl methyl sites for hydroxylation is 2. The number of anilines is 1. The van der Waals surface area contributed by atoms with Gasteiger partial charge in [-0.15, -0.1) is 11.3 Å². The summed E-state index contributed by atoms with van der Waals surface area (Å²) in [6.07, 6.45) is 0.583. The van der Waals surface area contributed by atoms with Gasteiger partial charge in [0, 0.05) is 29.1 Å². The number of rotatable bonds is 7. The van der Waals surface area contributed by atoms with Gasteiger partial charge in [-0.1, -0.05) is 12.1 Å². The molecule has 0 saturated carbocycles. The molecular formula is C24H27N3O4S. The Morgan fingerprint density at radius 2 is 1.75 bits per heavy atom. The fourth-order valence-corrected chi connectivity index (χ4v) is 4.25. The number of carbonyl (C=O) groups is 2. The maximum atomic E-state index is 12.2. The summed E-state index contributed by atoms with van der Waals surface area (Å²) < 4.78 is 10.7. The number of amides is 2. The van der Waals surface area contributed by atoms with Gasteiger partial charge in [0.2, 0.25) is 0 Å². The van der Waals surface area contributed by atoms with Crippen LogP contribution in [0.1, 0.15) is 21.7 Å². The first kappa shape index (κ1) is 23.3. The predicted molar refractivity (Wildman–Crippen MR) is 127 cm³/mol. The van der Waals surface area contributed by atoms with E-state index in [0.717, 1.165) is 32.3 Å². The van der Waals surface area contributed by atoms with Gasteiger partial charge in [-0.2, -0.15) is 0 Å². The van der Waals surface area contributed by atoms with Gasteiger partial charge in [0.1, 0.15) is 5.01 Å². The van der Waals surface area contributed by atoms with Crippen molar-refractivity contribution in [3.8, 4) is 22.1 Å². The molecule has 8 heteroatoms. The number of ether oxygens (including phenoxy) is 2. The average molecular weight is 454 g/mol. The number of hydrogen-bond donors (Lipinski definition) is 2. The maximum absolute atomic E-state index is 12.2. The molecule has 3 rings (SSSR count). The number of nitrogens with zero attached hydrogens (tertiary/aromatic N) is 1. The number of nitrogens with one attached hydrogen (secondary N) is 2. The second-order valence-electron chi connectivity index (χ2n) is 7.30. The summed E-state index contributed by atoms with van der Waals surface area (Å²) in [5.74, 6) is -0.0351. The van der Waals surface area contributed by atoms with Gasteiger partial charge in [-0.3, -0.25) is 9.59 Å². The Morgan fingerprint density at radius 1 is 1.00 bits per heavy atom. The van der Waals surface area contributed by atoms with Gasteiger partial charge >= 0.3 is 11.8 Å². The summed E-state index contributed by atoms with van der Waals surface area (Å²) >= 11 is 1.55. The third-order valence-corrected chi connectivity index (χ3v) is 6.49. The van der Waals surface area contributed by atoms with Crippen molar-refractivity contribution in [2.24, 2.45) is 0 Å². The van der Waals surface area contributed by atoms with Gasteiger partial charge in [0.25, 0.3) is 0 Å². The molecule has 2 amide bonds. The van der Waals surface area contributed by atoms with E-state index in [0.29, 0.717) is 30.2 Å². The third kappa shape index (κ3) is 5.26. The molecule has 7 nitrogen and oxygen atoms in total. The van der Waals surface area contributed by atoms with E-state index in [1.54, 1.807) is 31.6 Å². The van der Waals surface area contributed by atoms with Crippen LogP contribution in [0, 0.1) is 20.8 Å². The quantitative estimate of drug-likeness (QED) is 0.527. The zero-order chi connectivity index (χ0) is 23.3. The van der Waals surface area contributed by atoms with E-state index in [2.05, 4.69) is 15.6 Å². The lowest BCUT2D eigenvalue weighted by Crippen LogP contribution is -2.36. The molecule has 1 heterocycles. The number of hydrogen-bond acceptors (Lipinski definition) is 6. The Labute approximate surface area is 191 Å². The standard InChI is InChI=1S/C24H27N3O4S/c1-14-7-6-8-18(15(14)2)27-23(29)22(28)25-12-11-21-16(3)26-24(32-21)17-9-10-19(30-4)20(13-17)31-5/h6-10,13H,11-12H2,1-5H3,(H,25,28)(H,27,29). The summed E-state index contributed by atoms with van der Waals surface area (Å²) in [4.78, 5) is 30.1. The molecule has 0 saturated heterocycles. The highest BCUT2D eigenvalue weighted by molar-refractivity contribution is 7.15. The molecule has 0 spiro atoms. The summed E-state index contributed by atoms with van der Waals surface area (Å²) in [6, 6.07) is 11.3. The van der Waals surface area contributed by atoms with Crippen LogP contribution in [0.15, 0.2) is 36.4 Å². The van der Waals surface area contributed by atoms with Crippen molar-refractivity contribution in [2.75, 3.05) is 26.1 Å². The lowest BCUT2D eigenvalue weighted by molar-refractivity contribution is -0.136. The number of thiazole rings is 1. The molecule has 2 N–H and O–H groups in total. The van der Waals surface area contributed by atoms with Gasteiger partial charge in [0.05, 0.1) is 19.9 Å². The first-order valence-electron chi connectivity index (χ1n) is 10.2. The zero-order valence-corrected chi connectivity index (χ0v) is 19.7. The molecule has 0 fully saturated rings. The number of aromatic nitrogens is 1. The highest BCUT2D eigenvalue weighted by atomic mass is 32.1. The van der Waals surface area contributed by atoms with Crippen LogP contribution in [0.3, 0.4) is 0 Å². The van der Waals surface area contributed by atoms with Crippen molar-refractivity contribution in [3.05, 3.63) is 58.1 Å². The van der Waals surface area contributed by atoms with Crippen LogP contribution in [-0.2, 0) is 16.0 Å². The molecule has 1 aromatic heterocycles. The van der Waals surface area contributed by atoms with Gasteiger partial charge in [-0.25, -0.2) is 4.98 Å². The summed E-state index contributed by atoms with van der Waals surface area (Å²) in [6.45, 7) is 6.14. The van der Waals surface area contributed by atoms with Gasteiger partial charge < -0.3 is 20.1 Å². The summed E-state index contributed by atoms with van der Waals surface area (Å²) in [7, 11) is 3.19. The van der Waals surface area contributed by atoms with Crippen molar-refractivity contribution in [1.29, 1.82) is 0 Å². The molecule has 0 aliphatic carbocycles. The molecule has 0 unspecified atom stereocenters. The molecular weight excluding hydrogens is 426 g/mol. The molecule has 0 atom stereocenters. The lowest BCUT2D eigenvalue weighted by Gasteiger charge is -2.10. The van der Waals surface area contributed by atoms with Crippen LogP contribution in [0.25, 0.3) is 10.6 Å². The second kappa shape index (κ2) is 10.3. The van der Waals surface area contributed by atoms with Crippen molar-refractivity contribution >= 4 is 28.8 Å². The monoisotopic (exact) mass is 453 g/mol. The molecule has 0 bridgehead atoms. The van der Waals surface area contributed by atoms with Crippen LogP contribution < -0.4 is 20.1 Å². The fourth-order valence-electron chi connectivity index (χ4n) is 3.19. The first-order chi connectivity index (χ1) is 15.3. The Bertz CT molecular complexity index is 1140. The van der Waals surface area contributed by atoms with Crippen LogP contribution in [0.4, 0.5) is 5.69 Å². The average Bonchev–Trinajstić information content (AvgIpc) is 3.16. The Kier molecular flexibility index (Phi) is 7.48. The smallest absolute Gasteiger partial charge is 0.313 e. The SMILES string of the molecule is COc1ccc(-c2nc(C)c(CCNC(=O)C(=O)Nc3cccc(C)c3C)s2)cc1OC. The lowest BCUT2D eigenvalue weighted by atomic mass is 10.1. The van der Waals surface area contributed by atoms with E-state index < -0.39 is 11.8 Å². The third-order valence-electron chi connectivity index (χ3n) is 5.22. The number of carbonyl (C=O) groups excluding carboxylic acids is 2. The summed E-state index contributed by atoms with van der Waals surface area (Å²) in [5, 5.41) is 6.22. The molecule has 0 aliphatic heterocycles. The minimum atomic E-state index is -0.675. The summed E-state index contributed by atoms with van der Waals surface area (Å²) in [5.41, 5.74) is 4.46. The number of methoxy groups -OCH3 is 2. The second-order valence-corrected chi connectivity index (χ2v) is 8.39. The fraction of sp³-hybridized carbons (Fsp3) is 0.292. The van der Waals surface area contributed by atoms with E-state index in [4.69, 9.17) is 9.47 Å². The Hall–Kier alpha value is -3.39. The van der Waals surface area contributed by atoms with E-state index in [-0.39, 0.29) is 0 Å². The van der Waals surface area contributed by atoms with E-state index in [1.807, 2.05) is 51.1 Å². The van der Waals surface area contributed by atoms with Crippen molar-refractivity contribution in [2.45, 2.75) is 27.2 Å². The van der Waals surface area contributed by atoms with Gasteiger partial charge in [0.15, 0.2) is 11.5 Å². The van der Waals surface area contributed by atoms with Gasteiger partial charge in [-0.05, 0) is 56.2 Å². The Morgan fingerprint density at radius 3 is 2.47 bits per heavy atom. The molecule has 2 aromatic carbocycles. The molecule has 168 valence electrons. The minimum Gasteiger partial charge on any atom is -0.493 e. The van der Waals surface area contributed by atoms with E-state index in [1.165, 1.54) is 0 Å². The maximum Gasteiger partial charge on any atom is 0.313 e. The van der Waals surface area contributed by atoms with Crippen molar-refractivity contribution in [1.82, 2.24) is 10.3 Å². The molecule has 0 aliphatic rings. The molecule has 32 heavy (non-hydrogen) atoms. The normalized spacial score (nSPS) is 10.5. The highest BCUT2D eigenvalue weighted by Crippen LogP contribution is 2.35. The van der Waals surface area contributed by atoms with E-state index in [9.17, 15) is 9.59 Å². The largest absolute Gasteiger partial charge is 0.493 e. The van der Waals surface area contributed by atoms with Crippen LogP contribution in [0.5, 0.6) is 11.5 Å². The van der Waals surface area contributed by atoms with Crippen molar-refractivity contribution in [3.63, 3.8) is 0 Å².